The van der Waals surface area contributed by atoms with Crippen molar-refractivity contribution < 1.29 is 0 Å². The maximum Gasteiger partial charge on any atom is 0.150 e. The summed E-state index contributed by atoms with van der Waals surface area (Å²) < 4.78 is 0. The van der Waals surface area contributed by atoms with Crippen LogP contribution in [0.1, 0.15) is 22.9 Å². The molecule has 2 atom stereocenters. The summed E-state index contributed by atoms with van der Waals surface area (Å²) >= 11 is 6.03. The molecule has 0 radical (unpaired) electrons. The van der Waals surface area contributed by atoms with Gasteiger partial charge in [0, 0.05) is 11.2 Å². The molecule has 3 aromatic rings. The van der Waals surface area contributed by atoms with E-state index in [0.717, 1.165) is 22.5 Å². The van der Waals surface area contributed by atoms with E-state index in [1.165, 1.54) is 0 Å². The molecule has 0 amide bonds. The van der Waals surface area contributed by atoms with E-state index < -0.39 is 5.41 Å². The third kappa shape index (κ3) is 2.08. The summed E-state index contributed by atoms with van der Waals surface area (Å²) in [6.45, 7) is 0. The third-order valence-electron chi connectivity index (χ3n) is 4.52. The van der Waals surface area contributed by atoms with Gasteiger partial charge in [-0.25, -0.2) is 0 Å². The molecule has 4 heteroatoms. The van der Waals surface area contributed by atoms with Gasteiger partial charge < -0.3 is 5.32 Å². The molecule has 3 nitrogen and oxygen atoms in total. The highest BCUT2D eigenvalue weighted by molar-refractivity contribution is 6.30. The van der Waals surface area contributed by atoms with Crippen molar-refractivity contribution in [2.45, 2.75) is 11.5 Å². The Morgan fingerprint density at radius 1 is 1.00 bits per heavy atom. The fraction of sp³-hybridized carbons (Fsp3) is 0.100. The van der Waals surface area contributed by atoms with Crippen LogP contribution in [0.5, 0.6) is 0 Å². The first-order valence-electron chi connectivity index (χ1n) is 7.70. The second-order valence-corrected chi connectivity index (χ2v) is 6.25. The lowest BCUT2D eigenvalue weighted by molar-refractivity contribution is 0.574. The first-order valence-corrected chi connectivity index (χ1v) is 8.08. The van der Waals surface area contributed by atoms with E-state index in [1.807, 2.05) is 66.7 Å². The zero-order valence-electron chi connectivity index (χ0n) is 12.8. The van der Waals surface area contributed by atoms with Crippen LogP contribution in [-0.2, 0) is 5.41 Å². The summed E-state index contributed by atoms with van der Waals surface area (Å²) in [5.41, 5.74) is 2.70. The van der Waals surface area contributed by atoms with Gasteiger partial charge >= 0.3 is 0 Å². The number of nitriles is 1. The normalized spacial score (nSPS) is 21.6. The number of nitrogens with one attached hydrogen (secondary N) is 1. The Balaban J connectivity index is 1.97. The van der Waals surface area contributed by atoms with Crippen molar-refractivity contribution in [3.8, 4) is 6.07 Å². The number of nitrogens with zero attached hydrogens (tertiary/aromatic N) is 2. The van der Waals surface area contributed by atoms with Crippen molar-refractivity contribution in [3.05, 3.63) is 94.8 Å². The summed E-state index contributed by atoms with van der Waals surface area (Å²) in [7, 11) is 0. The van der Waals surface area contributed by atoms with Crippen LogP contribution in [0.25, 0.3) is 0 Å². The van der Waals surface area contributed by atoms with Crippen molar-refractivity contribution in [2.75, 3.05) is 5.32 Å². The summed E-state index contributed by atoms with van der Waals surface area (Å²) in [4.78, 5) is 4.54. The van der Waals surface area contributed by atoms with E-state index in [1.54, 1.807) is 6.20 Å². The van der Waals surface area contributed by atoms with Gasteiger partial charge in [0.1, 0.15) is 0 Å². The third-order valence-corrected chi connectivity index (χ3v) is 4.77. The first-order chi connectivity index (χ1) is 11.8. The van der Waals surface area contributed by atoms with Crippen LogP contribution < -0.4 is 5.32 Å². The molecule has 0 saturated heterocycles. The lowest BCUT2D eigenvalue weighted by Gasteiger charge is -2.29. The minimum atomic E-state index is -0.883. The molecule has 0 unspecified atom stereocenters. The highest BCUT2D eigenvalue weighted by atomic mass is 35.5. The highest BCUT2D eigenvalue weighted by Crippen LogP contribution is 2.51. The fourth-order valence-electron chi connectivity index (χ4n) is 3.41. The van der Waals surface area contributed by atoms with Crippen LogP contribution in [0, 0.1) is 11.3 Å². The van der Waals surface area contributed by atoms with Gasteiger partial charge in [0.15, 0.2) is 5.41 Å². The van der Waals surface area contributed by atoms with Gasteiger partial charge in [-0.05, 0) is 35.4 Å². The lowest BCUT2D eigenvalue weighted by atomic mass is 9.72. The number of rotatable bonds is 2. The van der Waals surface area contributed by atoms with Gasteiger partial charge in [0.25, 0.3) is 0 Å². The first kappa shape index (κ1) is 14.7. The Labute approximate surface area is 145 Å². The molecule has 0 aliphatic carbocycles. The van der Waals surface area contributed by atoms with Gasteiger partial charge in [-0.3, -0.25) is 4.98 Å². The van der Waals surface area contributed by atoms with Crippen LogP contribution in [0.4, 0.5) is 5.69 Å². The van der Waals surface area contributed by atoms with Gasteiger partial charge in [0.2, 0.25) is 0 Å². The smallest absolute Gasteiger partial charge is 0.150 e. The zero-order valence-corrected chi connectivity index (χ0v) is 13.5. The molecule has 0 fully saturated rings. The minimum absolute atomic E-state index is 0.230. The second-order valence-electron chi connectivity index (χ2n) is 5.81. The number of hydrogen-bond acceptors (Lipinski definition) is 3. The van der Waals surface area contributed by atoms with Crippen molar-refractivity contribution in [1.82, 2.24) is 4.98 Å². The van der Waals surface area contributed by atoms with E-state index >= 15 is 0 Å². The quantitative estimate of drug-likeness (QED) is 0.739. The standard InChI is InChI=1S/C20H14ClN3/c21-16-10-8-14(9-11-16)18-20(13-22,15-5-2-1-3-6-15)19-17(24-18)7-4-12-23-19/h1-12,18,24H/t18-,20-/m0/s1. The predicted octanol–water partition coefficient (Wildman–Crippen LogP) is 4.71. The Morgan fingerprint density at radius 2 is 1.75 bits per heavy atom. The largest absolute Gasteiger partial charge is 0.374 e. The zero-order chi connectivity index (χ0) is 16.6. The van der Waals surface area contributed by atoms with E-state index in [-0.39, 0.29) is 6.04 Å². The maximum absolute atomic E-state index is 10.2. The van der Waals surface area contributed by atoms with Crippen LogP contribution in [-0.4, -0.2) is 4.98 Å². The van der Waals surface area contributed by atoms with Gasteiger partial charge in [-0.1, -0.05) is 54.1 Å². The van der Waals surface area contributed by atoms with E-state index in [9.17, 15) is 5.26 Å². The van der Waals surface area contributed by atoms with Gasteiger partial charge in [0.05, 0.1) is 23.5 Å². The Morgan fingerprint density at radius 3 is 2.46 bits per heavy atom. The highest BCUT2D eigenvalue weighted by Gasteiger charge is 2.51. The molecule has 0 spiro atoms. The molecule has 1 aliphatic rings. The monoisotopic (exact) mass is 331 g/mol. The van der Waals surface area contributed by atoms with Crippen molar-refractivity contribution in [2.24, 2.45) is 0 Å². The lowest BCUT2D eigenvalue weighted by Crippen LogP contribution is -2.32. The van der Waals surface area contributed by atoms with Crippen molar-refractivity contribution >= 4 is 17.3 Å². The molecule has 1 aliphatic heterocycles. The maximum atomic E-state index is 10.2. The Hall–Kier alpha value is -2.83. The van der Waals surface area contributed by atoms with E-state index in [4.69, 9.17) is 11.6 Å². The molecule has 1 N–H and O–H groups in total. The topological polar surface area (TPSA) is 48.7 Å². The van der Waals surface area contributed by atoms with Crippen LogP contribution >= 0.6 is 11.6 Å². The number of hydrogen-bond donors (Lipinski definition) is 1. The Bertz CT molecular complexity index is 916. The van der Waals surface area contributed by atoms with Crippen LogP contribution in [0.3, 0.4) is 0 Å². The number of aromatic nitrogens is 1. The molecule has 116 valence electrons. The van der Waals surface area contributed by atoms with E-state index in [0.29, 0.717) is 5.02 Å². The summed E-state index contributed by atoms with van der Waals surface area (Å²) in [6, 6.07) is 23.6. The molecule has 0 saturated carbocycles. The molecule has 2 heterocycles. The summed E-state index contributed by atoms with van der Waals surface area (Å²) in [5.74, 6) is 0. The molecule has 4 rings (SSSR count). The second kappa shape index (κ2) is 5.67. The molecule has 1 aromatic heterocycles. The minimum Gasteiger partial charge on any atom is -0.374 e. The number of halogens is 1. The average Bonchev–Trinajstić information content (AvgIpc) is 2.98. The number of anilines is 1. The molecular weight excluding hydrogens is 318 g/mol. The van der Waals surface area contributed by atoms with Crippen LogP contribution in [0.2, 0.25) is 5.02 Å². The molecule has 0 bridgehead atoms. The Kier molecular flexibility index (Phi) is 3.48. The summed E-state index contributed by atoms with van der Waals surface area (Å²) in [5, 5.41) is 14.4. The van der Waals surface area contributed by atoms with Crippen molar-refractivity contribution in [1.29, 1.82) is 5.26 Å². The van der Waals surface area contributed by atoms with Crippen LogP contribution in [0.15, 0.2) is 72.9 Å². The summed E-state index contributed by atoms with van der Waals surface area (Å²) in [6.07, 6.45) is 1.74. The predicted molar refractivity (Wildman–Crippen MR) is 94.9 cm³/mol. The number of pyridine rings is 1. The van der Waals surface area contributed by atoms with Gasteiger partial charge in [-0.2, -0.15) is 5.26 Å². The molecular formula is C20H14ClN3. The molecule has 2 aromatic carbocycles. The number of fused-ring (bicyclic) bond motifs is 1. The van der Waals surface area contributed by atoms with Crippen molar-refractivity contribution in [3.63, 3.8) is 0 Å². The average molecular weight is 332 g/mol. The fourth-order valence-corrected chi connectivity index (χ4v) is 3.54. The van der Waals surface area contributed by atoms with Gasteiger partial charge in [-0.15, -0.1) is 0 Å². The molecule has 24 heavy (non-hydrogen) atoms. The van der Waals surface area contributed by atoms with E-state index in [2.05, 4.69) is 16.4 Å². The SMILES string of the molecule is N#C[C@@]1(c2ccccc2)c2ncccc2N[C@H]1c1ccc(Cl)cc1. The number of benzene rings is 2.